The maximum absolute atomic E-state index is 12.7. The Labute approximate surface area is 215 Å². The van der Waals surface area contributed by atoms with E-state index in [1.807, 2.05) is 49.4 Å². The highest BCUT2D eigenvalue weighted by Gasteiger charge is 2.31. The molecule has 36 heavy (non-hydrogen) atoms. The number of esters is 1. The lowest BCUT2D eigenvalue weighted by atomic mass is 10.0. The van der Waals surface area contributed by atoms with Gasteiger partial charge in [-0.1, -0.05) is 59.7 Å². The van der Waals surface area contributed by atoms with Crippen LogP contribution in [0.15, 0.2) is 72.8 Å². The van der Waals surface area contributed by atoms with Gasteiger partial charge in [0.25, 0.3) is 0 Å². The number of thiophene rings is 1. The Bertz CT molecular complexity index is 1340. The molecule has 2 aliphatic carbocycles. The SMILES string of the molecule is CC(Oc1ccc(C([O-])c2ccc(OC(=O)C3CC3)cc2)cc1)N(C)C.c1ccc2c3c(sc2c1)C3. The van der Waals surface area contributed by atoms with Crippen molar-refractivity contribution in [2.45, 2.75) is 38.5 Å². The number of hydrogen-bond acceptors (Lipinski definition) is 6. The first-order valence-electron chi connectivity index (χ1n) is 12.3. The van der Waals surface area contributed by atoms with E-state index in [4.69, 9.17) is 9.47 Å². The highest BCUT2D eigenvalue weighted by molar-refractivity contribution is 7.20. The summed E-state index contributed by atoms with van der Waals surface area (Å²) in [7, 11) is 3.89. The van der Waals surface area contributed by atoms with Crippen LogP contribution in [-0.4, -0.2) is 31.2 Å². The van der Waals surface area contributed by atoms with E-state index >= 15 is 0 Å². The number of ether oxygens (including phenoxy) is 2. The number of benzene rings is 3. The second kappa shape index (κ2) is 10.4. The molecule has 1 fully saturated rings. The molecule has 6 rings (SSSR count). The quantitative estimate of drug-likeness (QED) is 0.167. The van der Waals surface area contributed by atoms with Gasteiger partial charge in [-0.15, -0.1) is 11.3 Å². The molecule has 2 aliphatic rings. The van der Waals surface area contributed by atoms with Crippen molar-refractivity contribution in [1.29, 1.82) is 0 Å². The molecule has 4 aromatic rings. The first-order chi connectivity index (χ1) is 17.4. The molecule has 0 bridgehead atoms. The van der Waals surface area contributed by atoms with E-state index in [-0.39, 0.29) is 18.1 Å². The van der Waals surface area contributed by atoms with Crippen molar-refractivity contribution >= 4 is 27.4 Å². The van der Waals surface area contributed by atoms with E-state index in [1.165, 1.54) is 16.5 Å². The van der Waals surface area contributed by atoms with Gasteiger partial charge in [0.2, 0.25) is 0 Å². The van der Waals surface area contributed by atoms with Crippen LogP contribution in [0, 0.1) is 5.92 Å². The van der Waals surface area contributed by atoms with Crippen LogP contribution in [0.3, 0.4) is 0 Å². The number of nitrogens with zero attached hydrogens (tertiary/aromatic N) is 1. The Morgan fingerprint density at radius 3 is 2.14 bits per heavy atom. The number of hydrogen-bond donors (Lipinski definition) is 0. The topological polar surface area (TPSA) is 61.8 Å². The van der Waals surface area contributed by atoms with E-state index in [0.717, 1.165) is 18.6 Å². The standard InChI is InChI=1S/C21H24NO4.C9H6S/c1-14(22(2)3)25-18-10-6-15(7-11-18)20(23)16-8-12-19(13-9-16)26-21(24)17-4-5-17;1-2-4-8-6(3-1)7-5-9(7)10-8/h6-14,17,20H,4-5H2,1-3H3;1-4H,5H2/q-1;. The molecule has 2 atom stereocenters. The number of carbonyl (C=O) groups excluding carboxylic acids is 1. The maximum atomic E-state index is 12.7. The van der Waals surface area contributed by atoms with Crippen molar-refractivity contribution in [3.8, 4) is 11.5 Å². The lowest BCUT2D eigenvalue weighted by Gasteiger charge is -2.25. The molecular formula is C30H30NO4S-. The van der Waals surface area contributed by atoms with Gasteiger partial charge in [-0.25, -0.2) is 0 Å². The van der Waals surface area contributed by atoms with Gasteiger partial charge in [0.15, 0.2) is 0 Å². The maximum Gasteiger partial charge on any atom is 0.314 e. The third kappa shape index (κ3) is 5.78. The molecule has 6 heteroatoms. The van der Waals surface area contributed by atoms with Crippen molar-refractivity contribution in [1.82, 2.24) is 4.90 Å². The number of fused-ring (bicyclic) bond motifs is 3. The minimum Gasteiger partial charge on any atom is -0.845 e. The van der Waals surface area contributed by atoms with Crippen molar-refractivity contribution in [3.63, 3.8) is 0 Å². The molecule has 0 saturated heterocycles. The predicted molar refractivity (Wildman–Crippen MR) is 141 cm³/mol. The summed E-state index contributed by atoms with van der Waals surface area (Å²) >= 11 is 1.94. The Balaban J connectivity index is 0.000000217. The highest BCUT2D eigenvalue weighted by atomic mass is 32.1. The Morgan fingerprint density at radius 1 is 0.944 bits per heavy atom. The molecule has 0 radical (unpaired) electrons. The molecule has 2 unspecified atom stereocenters. The summed E-state index contributed by atoms with van der Waals surface area (Å²) < 4.78 is 12.5. The van der Waals surface area contributed by atoms with Crippen molar-refractivity contribution < 1.29 is 19.4 Å². The third-order valence-corrected chi connectivity index (χ3v) is 7.74. The predicted octanol–water partition coefficient (Wildman–Crippen LogP) is 5.54. The van der Waals surface area contributed by atoms with Crippen LogP contribution in [0.1, 0.15) is 47.4 Å². The van der Waals surface area contributed by atoms with Gasteiger partial charge in [-0.3, -0.25) is 9.69 Å². The summed E-state index contributed by atoms with van der Waals surface area (Å²) in [6.07, 6.45) is 2.04. The van der Waals surface area contributed by atoms with Crippen LogP contribution in [0.2, 0.25) is 0 Å². The van der Waals surface area contributed by atoms with E-state index < -0.39 is 6.10 Å². The molecule has 0 amide bonds. The summed E-state index contributed by atoms with van der Waals surface area (Å²) in [6.45, 7) is 1.96. The van der Waals surface area contributed by atoms with E-state index in [9.17, 15) is 9.90 Å². The zero-order chi connectivity index (χ0) is 25.2. The average molecular weight is 501 g/mol. The van der Waals surface area contributed by atoms with Crippen molar-refractivity contribution in [2.24, 2.45) is 5.92 Å². The molecule has 0 aliphatic heterocycles. The minimum atomic E-state index is -0.997. The third-order valence-electron chi connectivity index (χ3n) is 6.52. The van der Waals surface area contributed by atoms with Crippen LogP contribution in [0.4, 0.5) is 0 Å². The fourth-order valence-corrected chi connectivity index (χ4v) is 5.01. The summed E-state index contributed by atoms with van der Waals surface area (Å²) in [5.41, 5.74) is 2.89. The zero-order valence-corrected chi connectivity index (χ0v) is 21.6. The van der Waals surface area contributed by atoms with E-state index in [0.29, 0.717) is 16.9 Å². The molecule has 1 saturated carbocycles. The number of carbonyl (C=O) groups is 1. The fraction of sp³-hybridized carbons (Fsp3) is 0.300. The summed E-state index contributed by atoms with van der Waals surface area (Å²) in [5, 5.41) is 14.2. The Hall–Kier alpha value is -3.19. The molecule has 0 N–H and O–H groups in total. The highest BCUT2D eigenvalue weighted by Crippen LogP contribution is 2.43. The first kappa shape index (κ1) is 24.5. The normalized spacial score (nSPS) is 15.5. The second-order valence-electron chi connectivity index (χ2n) is 9.57. The van der Waals surface area contributed by atoms with Gasteiger partial charge in [-0.2, -0.15) is 0 Å². The van der Waals surface area contributed by atoms with Gasteiger partial charge in [0.1, 0.15) is 17.7 Å². The van der Waals surface area contributed by atoms with Gasteiger partial charge in [0, 0.05) is 16.0 Å². The average Bonchev–Trinajstić information content (AvgIpc) is 3.82. The lowest BCUT2D eigenvalue weighted by molar-refractivity contribution is -0.411. The van der Waals surface area contributed by atoms with Gasteiger partial charge >= 0.3 is 5.97 Å². The van der Waals surface area contributed by atoms with Crippen molar-refractivity contribution in [3.05, 3.63) is 94.4 Å². The Morgan fingerprint density at radius 2 is 1.56 bits per heavy atom. The first-order valence-corrected chi connectivity index (χ1v) is 13.1. The fourth-order valence-electron chi connectivity index (χ4n) is 3.84. The van der Waals surface area contributed by atoms with Gasteiger partial charge in [0.05, 0.1) is 5.92 Å². The summed E-state index contributed by atoms with van der Waals surface area (Å²) in [6, 6.07) is 22.6. The molecule has 3 aromatic carbocycles. The molecule has 1 aromatic heterocycles. The van der Waals surface area contributed by atoms with Crippen LogP contribution in [0.5, 0.6) is 11.5 Å². The zero-order valence-electron chi connectivity index (χ0n) is 20.8. The Kier molecular flexibility index (Phi) is 7.10. The molecule has 186 valence electrons. The van der Waals surface area contributed by atoms with Gasteiger partial charge in [-0.05, 0) is 75.1 Å². The van der Waals surface area contributed by atoms with Crippen LogP contribution < -0.4 is 14.6 Å². The number of rotatable bonds is 7. The van der Waals surface area contributed by atoms with Crippen LogP contribution in [-0.2, 0) is 11.2 Å². The van der Waals surface area contributed by atoms with E-state index in [1.54, 1.807) is 46.8 Å². The summed E-state index contributed by atoms with van der Waals surface area (Å²) in [4.78, 5) is 15.2. The van der Waals surface area contributed by atoms with Crippen molar-refractivity contribution in [2.75, 3.05) is 14.1 Å². The van der Waals surface area contributed by atoms with Crippen LogP contribution in [0.25, 0.3) is 10.1 Å². The second-order valence-corrected chi connectivity index (χ2v) is 10.7. The molecule has 1 heterocycles. The largest absolute Gasteiger partial charge is 0.845 e. The minimum absolute atomic E-state index is 0.0465. The smallest absolute Gasteiger partial charge is 0.314 e. The summed E-state index contributed by atoms with van der Waals surface area (Å²) in [5.74, 6) is 1.08. The van der Waals surface area contributed by atoms with E-state index in [2.05, 4.69) is 24.3 Å². The van der Waals surface area contributed by atoms with Crippen LogP contribution >= 0.6 is 11.3 Å². The van der Waals surface area contributed by atoms with Gasteiger partial charge < -0.3 is 14.6 Å². The molecule has 0 spiro atoms. The lowest BCUT2D eigenvalue weighted by Crippen LogP contribution is -2.30. The molecule has 5 nitrogen and oxygen atoms in total. The monoisotopic (exact) mass is 500 g/mol. The molecular weight excluding hydrogens is 470 g/mol.